The molecule has 0 aliphatic rings. The number of methoxy groups -OCH3 is 1. The molecule has 0 aliphatic carbocycles. The van der Waals surface area contributed by atoms with Crippen LogP contribution < -0.4 is 10.6 Å². The lowest BCUT2D eigenvalue weighted by atomic mass is 10.2. The molecule has 25 heavy (non-hydrogen) atoms. The van der Waals surface area contributed by atoms with Crippen molar-refractivity contribution in [2.75, 3.05) is 24.3 Å². The molecule has 8 heteroatoms. The molecule has 0 saturated carbocycles. The first-order valence-electron chi connectivity index (χ1n) is 7.66. The highest BCUT2D eigenvalue weighted by Crippen LogP contribution is 2.24. The second-order valence-corrected chi connectivity index (χ2v) is 6.12. The molecule has 0 radical (unpaired) electrons. The molecular formula is C17H19ClN4O3. The van der Waals surface area contributed by atoms with E-state index in [1.165, 1.54) is 37.7 Å². The fourth-order valence-electron chi connectivity index (χ4n) is 1.89. The van der Waals surface area contributed by atoms with Crippen molar-refractivity contribution in [3.8, 4) is 0 Å². The average molecular weight is 363 g/mol. The zero-order valence-corrected chi connectivity index (χ0v) is 14.9. The van der Waals surface area contributed by atoms with Crippen LogP contribution in [0.3, 0.4) is 0 Å². The zero-order chi connectivity index (χ0) is 18.4. The van der Waals surface area contributed by atoms with Crippen molar-refractivity contribution in [3.05, 3.63) is 46.7 Å². The van der Waals surface area contributed by atoms with E-state index in [0.717, 1.165) is 6.54 Å². The van der Waals surface area contributed by atoms with Crippen LogP contribution in [0.2, 0.25) is 5.02 Å². The third kappa shape index (κ3) is 5.15. The van der Waals surface area contributed by atoms with E-state index in [4.69, 9.17) is 11.6 Å². The Kier molecular flexibility index (Phi) is 6.30. The van der Waals surface area contributed by atoms with E-state index in [-0.39, 0.29) is 11.1 Å². The number of carbonyl (C=O) groups excluding carboxylic acids is 2. The number of benzene rings is 1. The highest BCUT2D eigenvalue weighted by Gasteiger charge is 2.13. The Hall–Kier alpha value is -2.67. The quantitative estimate of drug-likeness (QED) is 0.766. The number of hydrogen-bond donors (Lipinski definition) is 2. The van der Waals surface area contributed by atoms with Crippen molar-refractivity contribution in [3.63, 3.8) is 0 Å². The second-order valence-electron chi connectivity index (χ2n) is 5.71. The molecule has 0 fully saturated rings. The van der Waals surface area contributed by atoms with Crippen LogP contribution in [0.15, 0.2) is 30.6 Å². The Balaban J connectivity index is 2.10. The van der Waals surface area contributed by atoms with Crippen LogP contribution in [0, 0.1) is 5.92 Å². The number of aromatic nitrogens is 2. The van der Waals surface area contributed by atoms with Crippen LogP contribution in [0.25, 0.3) is 0 Å². The van der Waals surface area contributed by atoms with Crippen LogP contribution in [-0.2, 0) is 4.74 Å². The summed E-state index contributed by atoms with van der Waals surface area (Å²) in [6.07, 6.45) is 2.84. The Morgan fingerprint density at radius 3 is 2.48 bits per heavy atom. The Morgan fingerprint density at radius 1 is 1.20 bits per heavy atom. The molecular weight excluding hydrogens is 344 g/mol. The fraction of sp³-hybridized carbons (Fsp3) is 0.294. The van der Waals surface area contributed by atoms with Gasteiger partial charge in [-0.1, -0.05) is 25.4 Å². The highest BCUT2D eigenvalue weighted by molar-refractivity contribution is 6.34. The molecule has 0 spiro atoms. The number of carbonyl (C=O) groups is 2. The van der Waals surface area contributed by atoms with Gasteiger partial charge in [-0.15, -0.1) is 0 Å². The molecule has 2 rings (SSSR count). The number of esters is 1. The van der Waals surface area contributed by atoms with E-state index >= 15 is 0 Å². The number of hydrogen-bond acceptors (Lipinski definition) is 6. The molecule has 2 aromatic rings. The number of nitrogens with zero attached hydrogens (tertiary/aromatic N) is 2. The van der Waals surface area contributed by atoms with Gasteiger partial charge in [0.1, 0.15) is 0 Å². The monoisotopic (exact) mass is 362 g/mol. The summed E-state index contributed by atoms with van der Waals surface area (Å²) >= 11 is 6.06. The van der Waals surface area contributed by atoms with Gasteiger partial charge in [0.15, 0.2) is 0 Å². The number of amides is 1. The first-order valence-corrected chi connectivity index (χ1v) is 8.03. The first-order chi connectivity index (χ1) is 11.9. The van der Waals surface area contributed by atoms with Crippen LogP contribution in [-0.4, -0.2) is 35.5 Å². The molecule has 1 aromatic carbocycles. The molecule has 2 N–H and O–H groups in total. The minimum atomic E-state index is -0.518. The molecule has 0 saturated heterocycles. The van der Waals surface area contributed by atoms with E-state index in [1.807, 2.05) is 0 Å². The van der Waals surface area contributed by atoms with E-state index in [0.29, 0.717) is 22.6 Å². The summed E-state index contributed by atoms with van der Waals surface area (Å²) in [7, 11) is 1.28. The Labute approximate surface area is 150 Å². The highest BCUT2D eigenvalue weighted by atomic mass is 35.5. The molecule has 1 heterocycles. The summed E-state index contributed by atoms with van der Waals surface area (Å²) in [6.45, 7) is 4.88. The second kappa shape index (κ2) is 8.43. The third-order valence-corrected chi connectivity index (χ3v) is 3.55. The molecule has 0 atom stereocenters. The van der Waals surface area contributed by atoms with Gasteiger partial charge in [0.2, 0.25) is 5.95 Å². The maximum atomic E-state index is 12.3. The van der Waals surface area contributed by atoms with Gasteiger partial charge in [-0.2, -0.15) is 0 Å². The summed E-state index contributed by atoms with van der Waals surface area (Å²) in [5.41, 5.74) is 0.859. The van der Waals surface area contributed by atoms with E-state index in [1.54, 1.807) is 0 Å². The predicted molar refractivity (Wildman–Crippen MR) is 96.1 cm³/mol. The topological polar surface area (TPSA) is 93.2 Å². The zero-order valence-electron chi connectivity index (χ0n) is 14.2. The lowest BCUT2D eigenvalue weighted by molar-refractivity contribution is 0.0600. The number of halogens is 1. The Morgan fingerprint density at radius 2 is 1.88 bits per heavy atom. The van der Waals surface area contributed by atoms with E-state index < -0.39 is 11.9 Å². The van der Waals surface area contributed by atoms with E-state index in [9.17, 15) is 9.59 Å². The fourth-order valence-corrected chi connectivity index (χ4v) is 2.06. The molecule has 7 nitrogen and oxygen atoms in total. The van der Waals surface area contributed by atoms with Crippen molar-refractivity contribution in [1.29, 1.82) is 0 Å². The Bertz CT molecular complexity index is 763. The standard InChI is InChI=1S/C17H19ClN4O3/c1-10(2)7-19-17-20-8-12(9-21-17)15(23)22-14-6-11(16(24)25-3)4-5-13(14)18/h4-6,8-10H,7H2,1-3H3,(H,22,23)(H,19,20,21). The molecule has 132 valence electrons. The number of anilines is 2. The van der Waals surface area contributed by atoms with Crippen molar-refractivity contribution in [2.45, 2.75) is 13.8 Å². The van der Waals surface area contributed by atoms with E-state index in [2.05, 4.69) is 39.2 Å². The largest absolute Gasteiger partial charge is 0.465 e. The van der Waals surface area contributed by atoms with Crippen LogP contribution in [0.5, 0.6) is 0 Å². The summed E-state index contributed by atoms with van der Waals surface area (Å²) < 4.78 is 4.65. The third-order valence-electron chi connectivity index (χ3n) is 3.22. The maximum Gasteiger partial charge on any atom is 0.337 e. The summed E-state index contributed by atoms with van der Waals surface area (Å²) in [5.74, 6) is -0.0396. The van der Waals surface area contributed by atoms with Gasteiger partial charge in [0.05, 0.1) is 28.9 Å². The lowest BCUT2D eigenvalue weighted by Crippen LogP contribution is -2.15. The minimum absolute atomic E-state index is 0.273. The average Bonchev–Trinajstić information content (AvgIpc) is 2.61. The summed E-state index contributed by atoms with van der Waals surface area (Å²) in [5, 5.41) is 6.01. The normalized spacial score (nSPS) is 10.4. The number of rotatable bonds is 6. The molecule has 1 amide bonds. The van der Waals surface area contributed by atoms with Gasteiger partial charge in [0.25, 0.3) is 5.91 Å². The van der Waals surface area contributed by atoms with Gasteiger partial charge in [-0.3, -0.25) is 4.79 Å². The number of nitrogens with one attached hydrogen (secondary N) is 2. The molecule has 1 aromatic heterocycles. The van der Waals surface area contributed by atoms with Crippen molar-refractivity contribution in [1.82, 2.24) is 9.97 Å². The smallest absolute Gasteiger partial charge is 0.337 e. The SMILES string of the molecule is COC(=O)c1ccc(Cl)c(NC(=O)c2cnc(NCC(C)C)nc2)c1. The van der Waals surface area contributed by atoms with Gasteiger partial charge in [-0.25, -0.2) is 14.8 Å². The maximum absolute atomic E-state index is 12.3. The lowest BCUT2D eigenvalue weighted by Gasteiger charge is -2.10. The summed E-state index contributed by atoms with van der Waals surface area (Å²) in [4.78, 5) is 32.1. The molecule has 0 bridgehead atoms. The first kappa shape index (κ1) is 18.7. The number of ether oxygens (including phenoxy) is 1. The van der Waals surface area contributed by atoms with Crippen molar-refractivity contribution >= 4 is 35.1 Å². The molecule has 0 aliphatic heterocycles. The van der Waals surface area contributed by atoms with Gasteiger partial charge in [-0.05, 0) is 24.1 Å². The van der Waals surface area contributed by atoms with Crippen molar-refractivity contribution in [2.24, 2.45) is 5.92 Å². The van der Waals surface area contributed by atoms with Crippen molar-refractivity contribution < 1.29 is 14.3 Å². The van der Waals surface area contributed by atoms with Gasteiger partial charge >= 0.3 is 5.97 Å². The van der Waals surface area contributed by atoms with Crippen LogP contribution >= 0.6 is 11.6 Å². The predicted octanol–water partition coefficient (Wildman–Crippen LogP) is 3.24. The summed E-state index contributed by atoms with van der Waals surface area (Å²) in [6, 6.07) is 4.48. The van der Waals surface area contributed by atoms with Crippen LogP contribution in [0.4, 0.5) is 11.6 Å². The minimum Gasteiger partial charge on any atom is -0.465 e. The van der Waals surface area contributed by atoms with Crippen LogP contribution in [0.1, 0.15) is 34.6 Å². The van der Waals surface area contributed by atoms with Gasteiger partial charge < -0.3 is 15.4 Å². The molecule has 0 unspecified atom stereocenters. The van der Waals surface area contributed by atoms with Gasteiger partial charge in [0, 0.05) is 18.9 Å².